The van der Waals surface area contributed by atoms with E-state index in [0.29, 0.717) is 5.56 Å². The van der Waals surface area contributed by atoms with Crippen LogP contribution in [0, 0.1) is 13.8 Å². The van der Waals surface area contributed by atoms with E-state index in [-0.39, 0.29) is 5.91 Å². The first-order valence-electron chi connectivity index (χ1n) is 7.63. The van der Waals surface area contributed by atoms with E-state index in [9.17, 15) is 4.79 Å². The standard InChI is InChI=1S/C17H14N6OS/c1-10-7-12(3-6-15(10)23-9-18-21-22-23)17(24)20-13-4-5-14-16(8-13)25-11(2)19-14/h3-9H,1-2H3,(H,20,24). The highest BCUT2D eigenvalue weighted by Crippen LogP contribution is 2.25. The Balaban J connectivity index is 1.58. The van der Waals surface area contributed by atoms with Crippen molar-refractivity contribution >= 4 is 33.1 Å². The van der Waals surface area contributed by atoms with Gasteiger partial charge in [0, 0.05) is 11.3 Å². The van der Waals surface area contributed by atoms with Gasteiger partial charge in [-0.3, -0.25) is 4.79 Å². The summed E-state index contributed by atoms with van der Waals surface area (Å²) in [5.41, 5.74) is 4.02. The van der Waals surface area contributed by atoms with Crippen LogP contribution in [0.2, 0.25) is 0 Å². The lowest BCUT2D eigenvalue weighted by molar-refractivity contribution is 0.102. The normalized spacial score (nSPS) is 11.0. The SMILES string of the molecule is Cc1nc2ccc(NC(=O)c3ccc(-n4cnnn4)c(C)c3)cc2s1. The molecule has 0 fully saturated rings. The third-order valence-electron chi connectivity index (χ3n) is 3.81. The monoisotopic (exact) mass is 350 g/mol. The highest BCUT2D eigenvalue weighted by molar-refractivity contribution is 7.18. The topological polar surface area (TPSA) is 85.6 Å². The maximum absolute atomic E-state index is 12.5. The van der Waals surface area contributed by atoms with Crippen molar-refractivity contribution in [1.29, 1.82) is 0 Å². The fourth-order valence-corrected chi connectivity index (χ4v) is 3.51. The molecule has 7 nitrogen and oxygen atoms in total. The van der Waals surface area contributed by atoms with Gasteiger partial charge in [0.05, 0.1) is 20.9 Å². The molecule has 0 saturated carbocycles. The summed E-state index contributed by atoms with van der Waals surface area (Å²) in [6.45, 7) is 3.89. The third-order valence-corrected chi connectivity index (χ3v) is 4.74. The number of aromatic nitrogens is 5. The molecule has 124 valence electrons. The molecule has 2 aromatic carbocycles. The minimum absolute atomic E-state index is 0.160. The number of hydrogen-bond donors (Lipinski definition) is 1. The summed E-state index contributed by atoms with van der Waals surface area (Å²) in [6, 6.07) is 11.1. The van der Waals surface area contributed by atoms with Crippen LogP contribution in [0.4, 0.5) is 5.69 Å². The molecule has 2 heterocycles. The fourth-order valence-electron chi connectivity index (χ4n) is 2.65. The largest absolute Gasteiger partial charge is 0.322 e. The van der Waals surface area contributed by atoms with Gasteiger partial charge in [-0.05, 0) is 66.2 Å². The van der Waals surface area contributed by atoms with Crippen molar-refractivity contribution in [2.24, 2.45) is 0 Å². The molecule has 8 heteroatoms. The highest BCUT2D eigenvalue weighted by Gasteiger charge is 2.11. The van der Waals surface area contributed by atoms with Gasteiger partial charge >= 0.3 is 0 Å². The molecule has 0 saturated heterocycles. The van der Waals surface area contributed by atoms with E-state index in [1.54, 1.807) is 22.1 Å². The number of fused-ring (bicyclic) bond motifs is 1. The number of hydrogen-bond acceptors (Lipinski definition) is 6. The Morgan fingerprint density at radius 3 is 2.80 bits per heavy atom. The fraction of sp³-hybridized carbons (Fsp3) is 0.118. The number of thiazole rings is 1. The first-order chi connectivity index (χ1) is 12.1. The molecular weight excluding hydrogens is 336 g/mol. The first-order valence-corrected chi connectivity index (χ1v) is 8.44. The summed E-state index contributed by atoms with van der Waals surface area (Å²) >= 11 is 1.61. The molecule has 2 aromatic heterocycles. The van der Waals surface area contributed by atoms with Crippen LogP contribution in [0.3, 0.4) is 0 Å². The average Bonchev–Trinajstić information content (AvgIpc) is 3.23. The molecule has 1 N–H and O–H groups in total. The summed E-state index contributed by atoms with van der Waals surface area (Å²) in [5.74, 6) is -0.160. The molecule has 0 aliphatic heterocycles. The molecule has 1 amide bonds. The van der Waals surface area contributed by atoms with Gasteiger partial charge in [-0.15, -0.1) is 16.4 Å². The number of carbonyl (C=O) groups excluding carboxylic acids is 1. The third kappa shape index (κ3) is 2.99. The smallest absolute Gasteiger partial charge is 0.255 e. The van der Waals surface area contributed by atoms with Crippen molar-refractivity contribution in [3.05, 3.63) is 58.9 Å². The predicted molar refractivity (Wildman–Crippen MR) is 96.2 cm³/mol. The van der Waals surface area contributed by atoms with E-state index in [0.717, 1.165) is 32.2 Å². The lowest BCUT2D eigenvalue weighted by Crippen LogP contribution is -2.12. The maximum atomic E-state index is 12.5. The van der Waals surface area contributed by atoms with Gasteiger partial charge in [-0.1, -0.05) is 0 Å². The van der Waals surface area contributed by atoms with E-state index in [1.165, 1.54) is 6.33 Å². The van der Waals surface area contributed by atoms with Gasteiger partial charge in [0.25, 0.3) is 5.91 Å². The summed E-state index contributed by atoms with van der Waals surface area (Å²) < 4.78 is 2.62. The molecule has 0 aliphatic rings. The Kier molecular flexibility index (Phi) is 3.73. The minimum atomic E-state index is -0.160. The number of rotatable bonds is 3. The molecule has 0 atom stereocenters. The number of benzene rings is 2. The second-order valence-electron chi connectivity index (χ2n) is 5.63. The van der Waals surface area contributed by atoms with Crippen molar-refractivity contribution in [3.8, 4) is 5.69 Å². The number of anilines is 1. The van der Waals surface area contributed by atoms with E-state index in [4.69, 9.17) is 0 Å². The Morgan fingerprint density at radius 1 is 1.16 bits per heavy atom. The van der Waals surface area contributed by atoms with Crippen LogP contribution in [0.1, 0.15) is 20.9 Å². The van der Waals surface area contributed by atoms with Gasteiger partial charge in [-0.25, -0.2) is 9.67 Å². The van der Waals surface area contributed by atoms with Crippen LogP contribution >= 0.6 is 11.3 Å². The summed E-state index contributed by atoms with van der Waals surface area (Å²) in [7, 11) is 0. The lowest BCUT2D eigenvalue weighted by atomic mass is 10.1. The van der Waals surface area contributed by atoms with Crippen LogP contribution in [0.5, 0.6) is 0 Å². The molecule has 0 radical (unpaired) electrons. The van der Waals surface area contributed by atoms with E-state index in [1.807, 2.05) is 44.2 Å². The molecule has 0 unspecified atom stereocenters. The number of nitrogens with zero attached hydrogens (tertiary/aromatic N) is 5. The molecular formula is C17H14N6OS. The number of nitrogens with one attached hydrogen (secondary N) is 1. The minimum Gasteiger partial charge on any atom is -0.322 e. The van der Waals surface area contributed by atoms with Crippen LogP contribution in [-0.4, -0.2) is 31.1 Å². The van der Waals surface area contributed by atoms with Crippen molar-refractivity contribution in [3.63, 3.8) is 0 Å². The summed E-state index contributed by atoms with van der Waals surface area (Å²) in [4.78, 5) is 17.0. The second-order valence-corrected chi connectivity index (χ2v) is 6.86. The van der Waals surface area contributed by atoms with Gasteiger partial charge in [0.15, 0.2) is 0 Å². The quantitative estimate of drug-likeness (QED) is 0.613. The molecule has 25 heavy (non-hydrogen) atoms. The molecule has 0 bridgehead atoms. The number of tetrazole rings is 1. The number of amides is 1. The summed E-state index contributed by atoms with van der Waals surface area (Å²) in [5, 5.41) is 15.1. The van der Waals surface area contributed by atoms with Crippen LogP contribution in [0.15, 0.2) is 42.7 Å². The zero-order chi connectivity index (χ0) is 17.4. The van der Waals surface area contributed by atoms with Crippen molar-refractivity contribution in [2.45, 2.75) is 13.8 Å². The average molecular weight is 350 g/mol. The Morgan fingerprint density at radius 2 is 2.04 bits per heavy atom. The second kappa shape index (κ2) is 6.06. The molecule has 4 aromatic rings. The molecule has 0 aliphatic carbocycles. The summed E-state index contributed by atoms with van der Waals surface area (Å²) in [6.07, 6.45) is 1.52. The van der Waals surface area contributed by atoms with Gasteiger partial charge in [0.1, 0.15) is 6.33 Å². The van der Waals surface area contributed by atoms with Gasteiger partial charge in [0.2, 0.25) is 0 Å². The number of aryl methyl sites for hydroxylation is 2. The van der Waals surface area contributed by atoms with Crippen LogP contribution in [0.25, 0.3) is 15.9 Å². The lowest BCUT2D eigenvalue weighted by Gasteiger charge is -2.09. The van der Waals surface area contributed by atoms with Crippen molar-refractivity contribution in [2.75, 3.05) is 5.32 Å². The van der Waals surface area contributed by atoms with Crippen LogP contribution < -0.4 is 5.32 Å². The molecule has 4 rings (SSSR count). The van der Waals surface area contributed by atoms with Gasteiger partial charge in [-0.2, -0.15) is 0 Å². The zero-order valence-corrected chi connectivity index (χ0v) is 14.4. The first kappa shape index (κ1) is 15.4. The Labute approximate surface area is 147 Å². The van der Waals surface area contributed by atoms with Crippen molar-refractivity contribution in [1.82, 2.24) is 25.2 Å². The van der Waals surface area contributed by atoms with E-state index in [2.05, 4.69) is 25.8 Å². The Hall–Kier alpha value is -3.13. The highest BCUT2D eigenvalue weighted by atomic mass is 32.1. The van der Waals surface area contributed by atoms with E-state index < -0.39 is 0 Å². The maximum Gasteiger partial charge on any atom is 0.255 e. The predicted octanol–water partition coefficient (Wildman–Crippen LogP) is 3.14. The number of carbonyl (C=O) groups is 1. The van der Waals surface area contributed by atoms with Crippen LogP contribution in [-0.2, 0) is 0 Å². The zero-order valence-electron chi connectivity index (χ0n) is 13.6. The molecule has 0 spiro atoms. The van der Waals surface area contributed by atoms with E-state index >= 15 is 0 Å². The van der Waals surface area contributed by atoms with Crippen molar-refractivity contribution < 1.29 is 4.79 Å². The Bertz CT molecular complexity index is 1070. The van der Waals surface area contributed by atoms with Gasteiger partial charge < -0.3 is 5.32 Å².